The molecule has 6 heteroatoms. The summed E-state index contributed by atoms with van der Waals surface area (Å²) in [5.41, 5.74) is 2.22. The number of anilines is 1. The maximum Gasteiger partial charge on any atom is 0.153 e. The standard InChI is InChI=1S/C15H15BrN4S/c1-10(11-5-3-4-6-13(11)21-2)19-15-14-12(16)9-18-20(14)8-7-17-15/h3-10H,1-2H3,(H,17,19)/t10-/m1/s1. The van der Waals surface area contributed by atoms with E-state index in [2.05, 4.69) is 68.8 Å². The van der Waals surface area contributed by atoms with E-state index in [1.54, 1.807) is 24.2 Å². The van der Waals surface area contributed by atoms with Crippen molar-refractivity contribution in [3.05, 3.63) is 52.9 Å². The second-order valence-corrected chi connectivity index (χ2v) is 6.37. The zero-order valence-electron chi connectivity index (χ0n) is 11.7. The Hall–Kier alpha value is -1.53. The van der Waals surface area contributed by atoms with Gasteiger partial charge in [0.25, 0.3) is 0 Å². The molecule has 0 aliphatic heterocycles. The monoisotopic (exact) mass is 362 g/mol. The number of hydrogen-bond donors (Lipinski definition) is 1. The third-order valence-corrected chi connectivity index (χ3v) is 4.74. The number of rotatable bonds is 4. The van der Waals surface area contributed by atoms with E-state index in [0.717, 1.165) is 15.8 Å². The fraction of sp³-hybridized carbons (Fsp3) is 0.200. The van der Waals surface area contributed by atoms with Crippen LogP contribution < -0.4 is 5.32 Å². The molecule has 1 aromatic carbocycles. The van der Waals surface area contributed by atoms with Crippen LogP contribution in [-0.4, -0.2) is 20.9 Å². The molecule has 4 nitrogen and oxygen atoms in total. The minimum Gasteiger partial charge on any atom is -0.362 e. The lowest BCUT2D eigenvalue weighted by atomic mass is 10.1. The van der Waals surface area contributed by atoms with Gasteiger partial charge in [-0.2, -0.15) is 5.10 Å². The summed E-state index contributed by atoms with van der Waals surface area (Å²) in [6, 6.07) is 8.58. The molecule has 0 bridgehead atoms. The maximum absolute atomic E-state index is 4.45. The van der Waals surface area contributed by atoms with Gasteiger partial charge in [-0.3, -0.25) is 0 Å². The van der Waals surface area contributed by atoms with Crippen molar-refractivity contribution in [3.8, 4) is 0 Å². The number of benzene rings is 1. The molecule has 3 aromatic rings. The zero-order chi connectivity index (χ0) is 14.8. The van der Waals surface area contributed by atoms with Crippen LogP contribution in [0.5, 0.6) is 0 Å². The summed E-state index contributed by atoms with van der Waals surface area (Å²) in [4.78, 5) is 5.73. The van der Waals surface area contributed by atoms with Crippen molar-refractivity contribution in [2.45, 2.75) is 17.9 Å². The highest BCUT2D eigenvalue weighted by atomic mass is 79.9. The molecule has 2 heterocycles. The second-order valence-electron chi connectivity index (χ2n) is 4.67. The largest absolute Gasteiger partial charge is 0.362 e. The van der Waals surface area contributed by atoms with Crippen molar-refractivity contribution >= 4 is 39.0 Å². The molecule has 0 aliphatic carbocycles. The Morgan fingerprint density at radius 3 is 2.95 bits per heavy atom. The molecule has 0 amide bonds. The summed E-state index contributed by atoms with van der Waals surface area (Å²) in [5, 5.41) is 7.77. The molecule has 0 radical (unpaired) electrons. The number of nitrogens with zero attached hydrogens (tertiary/aromatic N) is 3. The van der Waals surface area contributed by atoms with Crippen molar-refractivity contribution in [2.24, 2.45) is 0 Å². The number of halogens is 1. The van der Waals surface area contributed by atoms with Crippen LogP contribution in [0.15, 0.2) is 52.2 Å². The average Bonchev–Trinajstić information content (AvgIpc) is 2.90. The lowest BCUT2D eigenvalue weighted by Gasteiger charge is -2.18. The molecule has 0 saturated carbocycles. The van der Waals surface area contributed by atoms with Crippen molar-refractivity contribution in [1.29, 1.82) is 0 Å². The molecule has 3 rings (SSSR count). The van der Waals surface area contributed by atoms with E-state index < -0.39 is 0 Å². The fourth-order valence-electron chi connectivity index (χ4n) is 2.32. The normalized spacial score (nSPS) is 12.5. The lowest BCUT2D eigenvalue weighted by molar-refractivity contribution is 0.846. The van der Waals surface area contributed by atoms with Crippen LogP contribution >= 0.6 is 27.7 Å². The van der Waals surface area contributed by atoms with E-state index in [1.807, 2.05) is 10.7 Å². The molecule has 0 saturated heterocycles. The Labute approximate surface area is 136 Å². The molecule has 0 aliphatic rings. The van der Waals surface area contributed by atoms with Gasteiger partial charge in [0.15, 0.2) is 5.82 Å². The SMILES string of the molecule is CSc1ccccc1[C@@H](C)Nc1nccn2ncc(Br)c12. The molecule has 108 valence electrons. The Morgan fingerprint density at radius 1 is 1.33 bits per heavy atom. The summed E-state index contributed by atoms with van der Waals surface area (Å²) in [7, 11) is 0. The molecule has 0 fully saturated rings. The highest BCUT2D eigenvalue weighted by Crippen LogP contribution is 2.30. The minimum atomic E-state index is 0.161. The molecule has 21 heavy (non-hydrogen) atoms. The van der Waals surface area contributed by atoms with Crippen LogP contribution in [-0.2, 0) is 0 Å². The smallest absolute Gasteiger partial charge is 0.153 e. The van der Waals surface area contributed by atoms with E-state index >= 15 is 0 Å². The summed E-state index contributed by atoms with van der Waals surface area (Å²) < 4.78 is 2.75. The summed E-state index contributed by atoms with van der Waals surface area (Å²) in [6.45, 7) is 2.14. The van der Waals surface area contributed by atoms with Crippen LogP contribution in [0, 0.1) is 0 Å². The van der Waals surface area contributed by atoms with E-state index in [9.17, 15) is 0 Å². The Morgan fingerprint density at radius 2 is 2.14 bits per heavy atom. The molecule has 1 atom stereocenters. The van der Waals surface area contributed by atoms with E-state index in [-0.39, 0.29) is 6.04 Å². The van der Waals surface area contributed by atoms with Gasteiger partial charge < -0.3 is 5.32 Å². The first-order chi connectivity index (χ1) is 10.2. The van der Waals surface area contributed by atoms with Gasteiger partial charge in [0.1, 0.15) is 5.52 Å². The average molecular weight is 363 g/mol. The van der Waals surface area contributed by atoms with Crippen LogP contribution in [0.1, 0.15) is 18.5 Å². The van der Waals surface area contributed by atoms with E-state index in [0.29, 0.717) is 0 Å². The predicted octanol–water partition coefficient (Wildman–Crippen LogP) is 4.39. The van der Waals surface area contributed by atoms with Gasteiger partial charge in [-0.25, -0.2) is 9.50 Å². The van der Waals surface area contributed by atoms with Crippen LogP contribution in [0.4, 0.5) is 5.82 Å². The van der Waals surface area contributed by atoms with Crippen LogP contribution in [0.25, 0.3) is 5.52 Å². The molecule has 2 aromatic heterocycles. The van der Waals surface area contributed by atoms with Crippen molar-refractivity contribution < 1.29 is 0 Å². The third kappa shape index (κ3) is 2.78. The quantitative estimate of drug-likeness (QED) is 0.699. The van der Waals surface area contributed by atoms with E-state index in [1.165, 1.54) is 10.5 Å². The number of fused-ring (bicyclic) bond motifs is 1. The predicted molar refractivity (Wildman–Crippen MR) is 90.9 cm³/mol. The van der Waals surface area contributed by atoms with Crippen molar-refractivity contribution in [3.63, 3.8) is 0 Å². The third-order valence-electron chi connectivity index (χ3n) is 3.35. The van der Waals surface area contributed by atoms with Gasteiger partial charge in [-0.05, 0) is 40.7 Å². The first kappa shape index (κ1) is 14.4. The summed E-state index contributed by atoms with van der Waals surface area (Å²) >= 11 is 5.28. The summed E-state index contributed by atoms with van der Waals surface area (Å²) in [5.74, 6) is 0.824. The molecule has 0 spiro atoms. The van der Waals surface area contributed by atoms with Crippen LogP contribution in [0.3, 0.4) is 0 Å². The Kier molecular flexibility index (Phi) is 4.17. The van der Waals surface area contributed by atoms with Crippen LogP contribution in [0.2, 0.25) is 0 Å². The van der Waals surface area contributed by atoms with E-state index in [4.69, 9.17) is 0 Å². The van der Waals surface area contributed by atoms with Gasteiger partial charge in [-0.15, -0.1) is 11.8 Å². The van der Waals surface area contributed by atoms with Gasteiger partial charge in [0.05, 0.1) is 16.7 Å². The van der Waals surface area contributed by atoms with Crippen molar-refractivity contribution in [2.75, 3.05) is 11.6 Å². The highest BCUT2D eigenvalue weighted by Gasteiger charge is 2.14. The van der Waals surface area contributed by atoms with Gasteiger partial charge >= 0.3 is 0 Å². The highest BCUT2D eigenvalue weighted by molar-refractivity contribution is 9.10. The second kappa shape index (κ2) is 6.07. The van der Waals surface area contributed by atoms with Gasteiger partial charge in [0, 0.05) is 17.3 Å². The summed E-state index contributed by atoms with van der Waals surface area (Å²) in [6.07, 6.45) is 7.47. The molecule has 1 N–H and O–H groups in total. The number of nitrogens with one attached hydrogen (secondary N) is 1. The Bertz CT molecular complexity index is 771. The number of thioether (sulfide) groups is 1. The van der Waals surface area contributed by atoms with Gasteiger partial charge in [0.2, 0.25) is 0 Å². The minimum absolute atomic E-state index is 0.161. The topological polar surface area (TPSA) is 42.2 Å². The molecular weight excluding hydrogens is 348 g/mol. The lowest BCUT2D eigenvalue weighted by Crippen LogP contribution is -2.10. The Balaban J connectivity index is 1.96. The number of aromatic nitrogens is 3. The maximum atomic E-state index is 4.45. The van der Waals surface area contributed by atoms with Gasteiger partial charge in [-0.1, -0.05) is 18.2 Å². The first-order valence-corrected chi connectivity index (χ1v) is 8.59. The van der Waals surface area contributed by atoms with Crippen molar-refractivity contribution in [1.82, 2.24) is 14.6 Å². The zero-order valence-corrected chi connectivity index (χ0v) is 14.1. The molecular formula is C15H15BrN4S. The first-order valence-electron chi connectivity index (χ1n) is 6.58. The number of hydrogen-bond acceptors (Lipinski definition) is 4. The fourth-order valence-corrected chi connectivity index (χ4v) is 3.48. The molecule has 0 unspecified atom stereocenters.